The van der Waals surface area contributed by atoms with E-state index >= 15 is 0 Å². The summed E-state index contributed by atoms with van der Waals surface area (Å²) in [7, 11) is 0. The number of anilines is 2. The molecule has 2 amide bonds. The van der Waals surface area contributed by atoms with Crippen LogP contribution in [0.3, 0.4) is 0 Å². The zero-order valence-corrected chi connectivity index (χ0v) is 34.8. The summed E-state index contributed by atoms with van der Waals surface area (Å²) in [4.78, 5) is 23.6. The van der Waals surface area contributed by atoms with Gasteiger partial charge in [-0.3, -0.25) is 9.59 Å². The molecule has 8 N–H and O–H groups in total. The van der Waals surface area contributed by atoms with Crippen molar-refractivity contribution < 1.29 is 30.0 Å². The molecule has 272 valence electrons. The number of amides is 2. The van der Waals surface area contributed by atoms with Crippen LogP contribution in [0.15, 0.2) is 42.2 Å². The number of rotatable bonds is 10. The van der Waals surface area contributed by atoms with E-state index in [0.717, 1.165) is 80.4 Å². The lowest BCUT2D eigenvalue weighted by Crippen LogP contribution is -2.34. The van der Waals surface area contributed by atoms with Crippen molar-refractivity contribution in [3.63, 3.8) is 0 Å². The van der Waals surface area contributed by atoms with Crippen LogP contribution < -0.4 is 21.3 Å². The highest BCUT2D eigenvalue weighted by Gasteiger charge is 2.22. The summed E-state index contributed by atoms with van der Waals surface area (Å²) in [6.07, 6.45) is 4.63. The lowest BCUT2D eigenvalue weighted by molar-refractivity contribution is -0.123. The van der Waals surface area contributed by atoms with Crippen LogP contribution in [0.1, 0.15) is 76.3 Å². The highest BCUT2D eigenvalue weighted by molar-refractivity contribution is 9.11. The Bertz CT molecular complexity index is 1230. The van der Waals surface area contributed by atoms with Gasteiger partial charge in [0.15, 0.2) is 0 Å². The molecule has 0 radical (unpaired) electrons. The van der Waals surface area contributed by atoms with Crippen molar-refractivity contribution in [2.45, 2.75) is 115 Å². The first kappa shape index (κ1) is 45.7. The number of aliphatic hydroxyl groups excluding tert-OH is 4. The molecule has 0 spiro atoms. The molecule has 0 unspecified atom stereocenters. The second kappa shape index (κ2) is 22.5. The Morgan fingerprint density at radius 2 is 0.958 bits per heavy atom. The van der Waals surface area contributed by atoms with Gasteiger partial charge in [0, 0.05) is 43.1 Å². The van der Waals surface area contributed by atoms with Gasteiger partial charge in [-0.15, -0.1) is 24.8 Å². The normalized spacial score (nSPS) is 21.7. The third kappa shape index (κ3) is 15.1. The average molecular weight is 973 g/mol. The maximum atomic E-state index is 11.8. The van der Waals surface area contributed by atoms with E-state index in [-0.39, 0.29) is 37.0 Å². The first-order valence-corrected chi connectivity index (χ1v) is 18.7. The van der Waals surface area contributed by atoms with E-state index in [1.807, 2.05) is 24.3 Å². The molecular weight excluding hydrogens is 927 g/mol. The Kier molecular flexibility index (Phi) is 21.4. The Morgan fingerprint density at radius 3 is 1.25 bits per heavy atom. The van der Waals surface area contributed by atoms with Crippen LogP contribution in [0.2, 0.25) is 0 Å². The van der Waals surface area contributed by atoms with Crippen LogP contribution in [0.4, 0.5) is 11.4 Å². The molecule has 2 fully saturated rings. The minimum Gasteiger partial charge on any atom is -0.393 e. The maximum absolute atomic E-state index is 11.8. The molecule has 2 aliphatic rings. The minimum atomic E-state index is -1.06. The third-order valence-electron chi connectivity index (χ3n) is 8.08. The summed E-state index contributed by atoms with van der Waals surface area (Å²) in [5.41, 5.74) is 3.21. The van der Waals surface area contributed by atoms with E-state index in [9.17, 15) is 30.0 Å². The number of aliphatic hydroxyl groups is 4. The van der Waals surface area contributed by atoms with Crippen LogP contribution >= 0.6 is 88.5 Å². The van der Waals surface area contributed by atoms with Crippen molar-refractivity contribution in [1.29, 1.82) is 0 Å². The van der Waals surface area contributed by atoms with Gasteiger partial charge in [0.2, 0.25) is 0 Å². The highest BCUT2D eigenvalue weighted by atomic mass is 79.9. The van der Waals surface area contributed by atoms with E-state index in [0.29, 0.717) is 36.5 Å². The van der Waals surface area contributed by atoms with Crippen molar-refractivity contribution in [3.05, 3.63) is 53.3 Å². The highest BCUT2D eigenvalue weighted by Crippen LogP contribution is 2.33. The van der Waals surface area contributed by atoms with Crippen molar-refractivity contribution >= 4 is 112 Å². The summed E-state index contributed by atoms with van der Waals surface area (Å²) in [5.74, 6) is -0.870. The molecule has 2 saturated carbocycles. The van der Waals surface area contributed by atoms with Gasteiger partial charge in [0.05, 0.1) is 23.6 Å². The van der Waals surface area contributed by atoms with Crippen LogP contribution in [0.25, 0.3) is 0 Å². The number of carbonyl (C=O) groups is 2. The van der Waals surface area contributed by atoms with E-state index in [1.54, 1.807) is 0 Å². The molecule has 2 aromatic rings. The number of hydrogen-bond donors (Lipinski definition) is 8. The molecule has 0 heterocycles. The smallest absolute Gasteiger partial charge is 0.252 e. The fourth-order valence-electron chi connectivity index (χ4n) is 5.34. The van der Waals surface area contributed by atoms with Gasteiger partial charge in [0.1, 0.15) is 12.2 Å². The van der Waals surface area contributed by atoms with Crippen LogP contribution in [0.5, 0.6) is 0 Å². The molecule has 10 nitrogen and oxygen atoms in total. The summed E-state index contributed by atoms with van der Waals surface area (Å²) < 4.78 is 3.35. The topological polar surface area (TPSA) is 163 Å². The second-order valence-corrected chi connectivity index (χ2v) is 15.5. The first-order valence-electron chi connectivity index (χ1n) is 15.5. The summed E-state index contributed by atoms with van der Waals surface area (Å²) in [6.45, 7) is 4.09. The number of carbonyl (C=O) groups excluding carboxylic acids is 2. The van der Waals surface area contributed by atoms with Crippen LogP contribution in [-0.2, 0) is 22.7 Å². The fourth-order valence-corrected chi connectivity index (χ4v) is 8.16. The van der Waals surface area contributed by atoms with Gasteiger partial charge in [-0.25, -0.2) is 0 Å². The standard InChI is InChI=1S/2C16H22Br2N2O3.2ClH/c2*1-9(21)16(23)20-15-10(6-11(17)7-14(15)18)8-19-12-2-4-13(22)5-3-12;;/h2*6-7,9,12-13,19,21-22H,2-5,8H2,1H3,(H,20,23);2*1H/t2*9-,12?,13?;;/m00../s1. The number of benzene rings is 2. The van der Waals surface area contributed by atoms with Crippen molar-refractivity contribution in [3.8, 4) is 0 Å². The van der Waals surface area contributed by atoms with Gasteiger partial charge in [-0.2, -0.15) is 0 Å². The van der Waals surface area contributed by atoms with E-state index in [4.69, 9.17) is 0 Å². The molecule has 0 aromatic heterocycles. The van der Waals surface area contributed by atoms with Crippen molar-refractivity contribution in [2.75, 3.05) is 10.6 Å². The maximum Gasteiger partial charge on any atom is 0.252 e. The molecule has 4 rings (SSSR count). The molecule has 0 saturated heterocycles. The summed E-state index contributed by atoms with van der Waals surface area (Å²) in [6, 6.07) is 8.36. The molecule has 48 heavy (non-hydrogen) atoms. The molecule has 0 bridgehead atoms. The van der Waals surface area contributed by atoms with Crippen LogP contribution in [-0.4, -0.2) is 68.7 Å². The fraction of sp³-hybridized carbons (Fsp3) is 0.562. The average Bonchev–Trinajstić information content (AvgIpc) is 2.99. The number of halogens is 6. The van der Waals surface area contributed by atoms with Gasteiger partial charge in [-0.05, 0) is 132 Å². The quantitative estimate of drug-likeness (QED) is 0.131. The largest absolute Gasteiger partial charge is 0.393 e. The lowest BCUT2D eigenvalue weighted by atomic mass is 9.93. The number of hydrogen-bond acceptors (Lipinski definition) is 8. The second-order valence-electron chi connectivity index (χ2n) is 11.9. The Morgan fingerprint density at radius 1 is 0.646 bits per heavy atom. The van der Waals surface area contributed by atoms with Crippen molar-refractivity contribution in [1.82, 2.24) is 10.6 Å². The van der Waals surface area contributed by atoms with Crippen molar-refractivity contribution in [2.24, 2.45) is 0 Å². The first-order chi connectivity index (χ1) is 21.7. The Hall–Kier alpha value is -0.360. The summed E-state index contributed by atoms with van der Waals surface area (Å²) >= 11 is 13.9. The molecule has 2 aliphatic carbocycles. The monoisotopic (exact) mass is 968 g/mol. The van der Waals surface area contributed by atoms with Gasteiger partial charge >= 0.3 is 0 Å². The van der Waals surface area contributed by atoms with E-state index in [2.05, 4.69) is 85.0 Å². The Labute approximate surface area is 328 Å². The summed E-state index contributed by atoms with van der Waals surface area (Å²) in [5, 5.41) is 50.4. The van der Waals surface area contributed by atoms with Crippen LogP contribution in [0, 0.1) is 0 Å². The number of nitrogens with one attached hydrogen (secondary N) is 4. The zero-order valence-electron chi connectivity index (χ0n) is 26.8. The lowest BCUT2D eigenvalue weighted by Gasteiger charge is -2.27. The van der Waals surface area contributed by atoms with Gasteiger partial charge < -0.3 is 41.7 Å². The predicted molar refractivity (Wildman–Crippen MR) is 209 cm³/mol. The third-order valence-corrected chi connectivity index (χ3v) is 10.3. The van der Waals surface area contributed by atoms with E-state index < -0.39 is 24.0 Å². The van der Waals surface area contributed by atoms with E-state index in [1.165, 1.54) is 13.8 Å². The van der Waals surface area contributed by atoms with Gasteiger partial charge in [0.25, 0.3) is 11.8 Å². The SMILES string of the molecule is C[C@H](O)C(=O)Nc1c(Br)cc(Br)cc1CNC1CCC(O)CC1.C[C@H](O)C(=O)Nc1c(Br)cc(Br)cc1CNC1CCC(O)CC1.Cl.Cl. The molecule has 2 atom stereocenters. The Balaban J connectivity index is 0.000000461. The molecule has 2 aromatic carbocycles. The molecule has 16 heteroatoms. The van der Waals surface area contributed by atoms with Gasteiger partial charge in [-0.1, -0.05) is 31.9 Å². The minimum absolute atomic E-state index is 0. The predicted octanol–water partition coefficient (Wildman–Crippen LogP) is 6.69. The molecular formula is C32H46Br4Cl2N4O6. The molecule has 0 aliphatic heterocycles. The zero-order chi connectivity index (χ0) is 34.0.